The van der Waals surface area contributed by atoms with Gasteiger partial charge in [-0.05, 0) is 120 Å². The van der Waals surface area contributed by atoms with Crippen LogP contribution in [0.5, 0.6) is 0 Å². The van der Waals surface area contributed by atoms with Crippen molar-refractivity contribution in [3.63, 3.8) is 0 Å². The molecule has 3 radical (unpaired) electrons. The minimum atomic E-state index is -1.17. The molecular formula is C64H124Cl2Mn3N3O13-3. The second-order valence-corrected chi connectivity index (χ2v) is 27.3. The van der Waals surface area contributed by atoms with Crippen LogP contribution in [0.25, 0.3) is 16.0 Å². The van der Waals surface area contributed by atoms with E-state index >= 15 is 0 Å². The van der Waals surface area contributed by atoms with Crippen LogP contribution in [-0.2, 0) is 51.2 Å². The van der Waals surface area contributed by atoms with Gasteiger partial charge in [-0.15, -0.1) is 62.0 Å². The number of aliphatic hydroxyl groups excluding tert-OH is 6. The maximum atomic E-state index is 8.85. The molecule has 0 aromatic rings. The average Bonchev–Trinajstić information content (AvgIpc) is 3.43. The zero-order valence-electron chi connectivity index (χ0n) is 53.2. The molecule has 0 amide bonds. The fraction of sp³-hybridized carbons (Fsp3) is 0.938. The van der Waals surface area contributed by atoms with Gasteiger partial charge in [0.2, 0.25) is 0 Å². The zero-order chi connectivity index (χ0) is 60.7. The number of aliphatic hydroxyl groups is 12. The molecule has 14 unspecified atom stereocenters. The Labute approximate surface area is 557 Å². The van der Waals surface area contributed by atoms with E-state index < -0.39 is 37.7 Å². The summed E-state index contributed by atoms with van der Waals surface area (Å²) in [6.45, 7) is 20.6. The summed E-state index contributed by atoms with van der Waals surface area (Å²) in [7, 11) is 0. The Hall–Kier alpha value is 0.818. The molecule has 6 saturated carbocycles. The molecule has 0 bridgehead atoms. The molecule has 85 heavy (non-hydrogen) atoms. The SMILES string of the molecule is CC1=C[N-]CC=C1.CC1CCCC(C(O)O)C1.CC1CCCC(C(O)O)C1.CC1CCCC(C(O)O)C1.CC1CCCC(C(O)O)C1.CC1CCC[N-]C1.CC1CCC[N-]C1.O.OC(O)C1CCCC(Cl)C1.OC(O)C1CCCC(Cl)C1.[Mn].[Mn].[Mn]. The molecule has 511 valence electrons. The van der Waals surface area contributed by atoms with Crippen LogP contribution in [0.15, 0.2) is 23.9 Å². The summed E-state index contributed by atoms with van der Waals surface area (Å²) in [5.41, 5.74) is 1.24. The molecule has 21 heteroatoms. The molecule has 16 nitrogen and oxygen atoms in total. The van der Waals surface area contributed by atoms with Gasteiger partial charge < -0.3 is 82.7 Å². The third-order valence-corrected chi connectivity index (χ3v) is 18.3. The van der Waals surface area contributed by atoms with Crippen molar-refractivity contribution in [3.8, 4) is 0 Å². The maximum Gasteiger partial charge on any atom is 0.154 e. The van der Waals surface area contributed by atoms with Gasteiger partial charge in [-0.3, -0.25) is 0 Å². The summed E-state index contributed by atoms with van der Waals surface area (Å²) in [4.78, 5) is 0. The Morgan fingerprint density at radius 3 is 0.741 bits per heavy atom. The van der Waals surface area contributed by atoms with Crippen molar-refractivity contribution < 1.29 is 118 Å². The van der Waals surface area contributed by atoms with Gasteiger partial charge in [0, 0.05) is 97.5 Å². The van der Waals surface area contributed by atoms with Crippen molar-refractivity contribution in [1.82, 2.24) is 0 Å². The predicted molar refractivity (Wildman–Crippen MR) is 335 cm³/mol. The number of rotatable bonds is 6. The number of halogens is 2. The quantitative estimate of drug-likeness (QED) is 0.0671. The van der Waals surface area contributed by atoms with E-state index in [1.54, 1.807) is 0 Å². The number of alkyl halides is 2. The van der Waals surface area contributed by atoms with E-state index in [1.807, 2.05) is 13.1 Å². The summed E-state index contributed by atoms with van der Waals surface area (Å²) in [5, 5.41) is 119. The van der Waals surface area contributed by atoms with Gasteiger partial charge in [0.1, 0.15) is 0 Å². The van der Waals surface area contributed by atoms with Gasteiger partial charge in [-0.25, -0.2) is 0 Å². The molecule has 9 rings (SSSR count). The largest absolute Gasteiger partial charge is 0.687 e. The molecule has 0 aromatic carbocycles. The molecule has 0 aromatic heterocycles. The van der Waals surface area contributed by atoms with Gasteiger partial charge in [0.15, 0.2) is 37.7 Å². The van der Waals surface area contributed by atoms with Crippen molar-refractivity contribution in [2.24, 2.45) is 71.0 Å². The van der Waals surface area contributed by atoms with Crippen LogP contribution in [0.2, 0.25) is 0 Å². The van der Waals surface area contributed by atoms with Gasteiger partial charge in [-0.2, -0.15) is 6.20 Å². The van der Waals surface area contributed by atoms with E-state index in [2.05, 4.69) is 69.6 Å². The summed E-state index contributed by atoms with van der Waals surface area (Å²) in [6.07, 6.45) is 29.7. The Morgan fingerprint density at radius 2 is 0.612 bits per heavy atom. The van der Waals surface area contributed by atoms with Crippen molar-refractivity contribution >= 4 is 23.2 Å². The first-order valence-corrected chi connectivity index (χ1v) is 33.0. The molecule has 9 aliphatic rings. The average molecular weight is 1380 g/mol. The summed E-state index contributed by atoms with van der Waals surface area (Å²) < 4.78 is 0. The Balaban J connectivity index is -0.000000433. The van der Waals surface area contributed by atoms with Crippen LogP contribution >= 0.6 is 23.2 Å². The number of allylic oxidation sites excluding steroid dienone is 2. The van der Waals surface area contributed by atoms with Gasteiger partial charge >= 0.3 is 0 Å². The predicted octanol–water partition coefficient (Wildman–Crippen LogP) is 11.3. The Kier molecular flexibility index (Phi) is 61.2. The van der Waals surface area contributed by atoms with Crippen molar-refractivity contribution in [2.75, 3.05) is 32.7 Å². The molecule has 14 atom stereocenters. The second-order valence-electron chi connectivity index (χ2n) is 26.1. The third-order valence-electron chi connectivity index (χ3n) is 17.5. The maximum absolute atomic E-state index is 8.85. The first-order valence-electron chi connectivity index (χ1n) is 32.1. The fourth-order valence-corrected chi connectivity index (χ4v) is 13.1. The van der Waals surface area contributed by atoms with Crippen molar-refractivity contribution in [2.45, 2.75) is 277 Å². The smallest absolute Gasteiger partial charge is 0.154 e. The van der Waals surface area contributed by atoms with Crippen molar-refractivity contribution in [3.05, 3.63) is 39.9 Å². The third kappa shape index (κ3) is 49.1. The molecule has 3 heterocycles. The Morgan fingerprint density at radius 1 is 0.365 bits per heavy atom. The molecular weight excluding hydrogens is 1250 g/mol. The zero-order valence-corrected chi connectivity index (χ0v) is 58.3. The van der Waals surface area contributed by atoms with Gasteiger partial charge in [0.05, 0.1) is 0 Å². The van der Waals surface area contributed by atoms with Crippen LogP contribution in [0.3, 0.4) is 0 Å². The van der Waals surface area contributed by atoms with Crippen LogP contribution in [0, 0.1) is 71.0 Å². The Bertz CT molecular complexity index is 1330. The van der Waals surface area contributed by atoms with Gasteiger partial charge in [-0.1, -0.05) is 155 Å². The van der Waals surface area contributed by atoms with Gasteiger partial charge in [0.25, 0.3) is 0 Å². The number of nitrogens with zero attached hydrogens (tertiary/aromatic N) is 3. The molecule has 3 aliphatic heterocycles. The standard InChI is InChI=1S/4C8H16O2.2C7H13ClO2.2C6H12N.C6H8N.3Mn.H2O/c4*1-6-3-2-4-7(5-6)8(9)10;2*8-6-3-1-2-5(4-6)7(9)10;3*1-6-3-2-4-7-5-6;;;;/h4*6-10H,2-5H2,1H3;2*5-7,9-10H,1-4H2;2*6H,2-5H2,1H3;2-3,5H,4H2,1H3;;;;1H2/q;;;;;;3*-1;;;;. The van der Waals surface area contributed by atoms with Crippen LogP contribution in [-0.4, -0.2) is 148 Å². The minimum absolute atomic E-state index is 0. The van der Waals surface area contributed by atoms with E-state index in [4.69, 9.17) is 84.5 Å². The van der Waals surface area contributed by atoms with Crippen LogP contribution in [0.1, 0.15) is 228 Å². The van der Waals surface area contributed by atoms with E-state index in [-0.39, 0.29) is 103 Å². The first-order chi connectivity index (χ1) is 38.4. The second kappa shape index (κ2) is 56.4. The summed E-state index contributed by atoms with van der Waals surface area (Å²) in [6, 6.07) is 0. The fourth-order valence-electron chi connectivity index (χ4n) is 12.3. The van der Waals surface area contributed by atoms with Crippen LogP contribution < -0.4 is 0 Å². The molecule has 8 fully saturated rings. The normalized spacial score (nSPS) is 31.5. The van der Waals surface area contributed by atoms with Crippen molar-refractivity contribution in [1.29, 1.82) is 0 Å². The molecule has 14 N–H and O–H groups in total. The molecule has 0 spiro atoms. The summed E-state index contributed by atoms with van der Waals surface area (Å²) in [5.74, 6) is 5.05. The van der Waals surface area contributed by atoms with E-state index in [0.29, 0.717) is 23.7 Å². The molecule has 6 aliphatic carbocycles. The number of piperidine rings is 2. The van der Waals surface area contributed by atoms with E-state index in [1.165, 1.54) is 56.9 Å². The minimum Gasteiger partial charge on any atom is -0.687 e. The summed E-state index contributed by atoms with van der Waals surface area (Å²) >= 11 is 11.7. The number of hydrogen-bond acceptors (Lipinski definition) is 12. The first kappa shape index (κ1) is 92.2. The molecule has 2 saturated heterocycles. The van der Waals surface area contributed by atoms with E-state index in [9.17, 15) is 0 Å². The topological polar surface area (TPSA) is 317 Å². The monoisotopic (exact) mass is 1380 g/mol. The number of hydrogen-bond donors (Lipinski definition) is 12. The van der Waals surface area contributed by atoms with E-state index in [0.717, 1.165) is 173 Å². The van der Waals surface area contributed by atoms with Crippen LogP contribution in [0.4, 0.5) is 0 Å².